The van der Waals surface area contributed by atoms with Crippen LogP contribution in [0.3, 0.4) is 0 Å². The normalized spacial score (nSPS) is 14.9. The molecule has 0 aromatic heterocycles. The summed E-state index contributed by atoms with van der Waals surface area (Å²) in [6.45, 7) is 0.767. The third-order valence-corrected chi connectivity index (χ3v) is 6.55. The lowest BCUT2D eigenvalue weighted by atomic mass is 9.89. The van der Waals surface area contributed by atoms with E-state index < -0.39 is 21.5 Å². The number of carbonyl (C=O) groups excluding carboxylic acids is 2. The Hall–Kier alpha value is -2.98. The molecule has 0 unspecified atom stereocenters. The first-order chi connectivity index (χ1) is 13.9. The summed E-state index contributed by atoms with van der Waals surface area (Å²) in [5.74, 6) is -1.29. The number of rotatable bonds is 6. The first kappa shape index (κ1) is 20.7. The number of piperidine rings is 1. The van der Waals surface area contributed by atoms with Crippen molar-refractivity contribution in [3.8, 4) is 6.07 Å². The number of hydrogen-bond donors (Lipinski definition) is 0. The van der Waals surface area contributed by atoms with Crippen molar-refractivity contribution < 1.29 is 18.0 Å². The molecule has 1 aliphatic heterocycles. The number of nitriles is 1. The predicted octanol–water partition coefficient (Wildman–Crippen LogP) is 2.59. The fourth-order valence-electron chi connectivity index (χ4n) is 3.49. The summed E-state index contributed by atoms with van der Waals surface area (Å²) in [7, 11) is -3.62. The molecular weight excluding hydrogens is 388 g/mol. The van der Waals surface area contributed by atoms with Crippen molar-refractivity contribution in [2.45, 2.75) is 18.6 Å². The Morgan fingerprint density at radius 3 is 2.21 bits per heavy atom. The highest BCUT2D eigenvalue weighted by Gasteiger charge is 2.29. The van der Waals surface area contributed by atoms with Crippen LogP contribution in [0.25, 0.3) is 0 Å². The lowest BCUT2D eigenvalue weighted by molar-refractivity contribution is -0.129. The number of nitrogens with zero attached hydrogens (tertiary/aromatic N) is 2. The molecule has 7 heteroatoms. The van der Waals surface area contributed by atoms with Crippen LogP contribution in [0.15, 0.2) is 54.6 Å². The lowest BCUT2D eigenvalue weighted by Crippen LogP contribution is -2.42. The van der Waals surface area contributed by atoms with E-state index in [-0.39, 0.29) is 17.5 Å². The number of Topliss-reactive ketones (excluding diaryl/α,β-unsaturated/α-hetero) is 1. The Balaban J connectivity index is 1.53. The minimum Gasteiger partial charge on any atom is -0.342 e. The summed E-state index contributed by atoms with van der Waals surface area (Å²) in [6.07, 6.45) is 1.07. The van der Waals surface area contributed by atoms with Gasteiger partial charge in [-0.2, -0.15) is 5.26 Å². The summed E-state index contributed by atoms with van der Waals surface area (Å²) in [6, 6.07) is 17.3. The molecule has 150 valence electrons. The molecule has 1 heterocycles. The predicted molar refractivity (Wildman–Crippen MR) is 109 cm³/mol. The second-order valence-corrected chi connectivity index (χ2v) is 9.29. The van der Waals surface area contributed by atoms with Gasteiger partial charge in [-0.1, -0.05) is 42.5 Å². The molecule has 0 spiro atoms. The number of carbonyl (C=O) groups is 2. The maximum Gasteiger partial charge on any atom is 0.237 e. The van der Waals surface area contributed by atoms with Gasteiger partial charge in [0.25, 0.3) is 0 Å². The molecular formula is C22H22N2O4S. The zero-order valence-corrected chi connectivity index (χ0v) is 16.8. The van der Waals surface area contributed by atoms with Crippen LogP contribution in [-0.4, -0.2) is 43.9 Å². The topological polar surface area (TPSA) is 95.3 Å². The van der Waals surface area contributed by atoms with E-state index in [0.717, 1.165) is 0 Å². The largest absolute Gasteiger partial charge is 0.342 e. The summed E-state index contributed by atoms with van der Waals surface area (Å²) >= 11 is 0. The highest BCUT2D eigenvalue weighted by atomic mass is 32.2. The van der Waals surface area contributed by atoms with Gasteiger partial charge in [-0.05, 0) is 30.5 Å². The zero-order valence-electron chi connectivity index (χ0n) is 16.0. The standard InChI is InChI=1S/C22H22N2O4S/c23-14-17-6-8-18(9-7-17)15-29(27,28)16-21(25)24-12-10-20(11-13-24)22(26)19-4-2-1-3-5-19/h1-9,20H,10-13,15-16H2. The first-order valence-corrected chi connectivity index (χ1v) is 11.3. The molecule has 2 aromatic rings. The maximum absolute atomic E-state index is 12.5. The Morgan fingerprint density at radius 1 is 1.00 bits per heavy atom. The zero-order chi connectivity index (χ0) is 20.9. The van der Waals surface area contributed by atoms with Gasteiger partial charge < -0.3 is 4.90 Å². The Morgan fingerprint density at radius 2 is 1.62 bits per heavy atom. The monoisotopic (exact) mass is 410 g/mol. The first-order valence-electron chi connectivity index (χ1n) is 9.44. The van der Waals surface area contributed by atoms with Crippen LogP contribution in [0.2, 0.25) is 0 Å². The lowest BCUT2D eigenvalue weighted by Gasteiger charge is -2.31. The molecule has 29 heavy (non-hydrogen) atoms. The minimum atomic E-state index is -3.62. The molecule has 0 aliphatic carbocycles. The van der Waals surface area contributed by atoms with Gasteiger partial charge in [0.15, 0.2) is 15.6 Å². The molecule has 6 nitrogen and oxygen atoms in total. The van der Waals surface area contributed by atoms with Gasteiger partial charge in [-0.3, -0.25) is 9.59 Å². The van der Waals surface area contributed by atoms with Gasteiger partial charge in [0, 0.05) is 24.6 Å². The van der Waals surface area contributed by atoms with E-state index in [1.807, 2.05) is 24.3 Å². The second kappa shape index (κ2) is 9.01. The van der Waals surface area contributed by atoms with E-state index in [1.54, 1.807) is 36.4 Å². The number of benzene rings is 2. The van der Waals surface area contributed by atoms with Crippen LogP contribution in [0, 0.1) is 17.2 Å². The van der Waals surface area contributed by atoms with Crippen molar-refractivity contribution in [3.05, 3.63) is 71.3 Å². The summed E-state index contributed by atoms with van der Waals surface area (Å²) in [5, 5.41) is 8.80. The quantitative estimate of drug-likeness (QED) is 0.682. The summed E-state index contributed by atoms with van der Waals surface area (Å²) < 4.78 is 24.8. The van der Waals surface area contributed by atoms with Crippen LogP contribution < -0.4 is 0 Å². The smallest absolute Gasteiger partial charge is 0.237 e. The van der Waals surface area contributed by atoms with Gasteiger partial charge >= 0.3 is 0 Å². The fourth-order valence-corrected chi connectivity index (χ4v) is 4.85. The van der Waals surface area contributed by atoms with E-state index in [9.17, 15) is 18.0 Å². The number of likely N-dealkylation sites (tertiary alicyclic amines) is 1. The summed E-state index contributed by atoms with van der Waals surface area (Å²) in [4.78, 5) is 26.5. The average molecular weight is 410 g/mol. The molecule has 0 N–H and O–H groups in total. The molecule has 1 saturated heterocycles. The molecule has 1 aliphatic rings. The van der Waals surface area contributed by atoms with Crippen molar-refractivity contribution in [3.63, 3.8) is 0 Å². The molecule has 0 radical (unpaired) electrons. The highest BCUT2D eigenvalue weighted by molar-refractivity contribution is 7.91. The van der Waals surface area contributed by atoms with E-state index in [1.165, 1.54) is 4.90 Å². The molecule has 1 amide bonds. The Bertz CT molecular complexity index is 1020. The van der Waals surface area contributed by atoms with Gasteiger partial charge in [-0.15, -0.1) is 0 Å². The van der Waals surface area contributed by atoms with Crippen LogP contribution in [0.1, 0.15) is 34.3 Å². The van der Waals surface area contributed by atoms with E-state index in [2.05, 4.69) is 0 Å². The van der Waals surface area contributed by atoms with Crippen LogP contribution in [0.5, 0.6) is 0 Å². The molecule has 0 saturated carbocycles. The van der Waals surface area contributed by atoms with Gasteiger partial charge in [0.05, 0.1) is 17.4 Å². The fraction of sp³-hybridized carbons (Fsp3) is 0.318. The Kier molecular flexibility index (Phi) is 6.45. The molecule has 2 aromatic carbocycles. The van der Waals surface area contributed by atoms with Crippen molar-refractivity contribution in [1.29, 1.82) is 5.26 Å². The van der Waals surface area contributed by atoms with Crippen molar-refractivity contribution in [2.24, 2.45) is 5.92 Å². The van der Waals surface area contributed by atoms with E-state index >= 15 is 0 Å². The highest BCUT2D eigenvalue weighted by Crippen LogP contribution is 2.22. The molecule has 0 atom stereocenters. The SMILES string of the molecule is N#Cc1ccc(CS(=O)(=O)CC(=O)N2CCC(C(=O)c3ccccc3)CC2)cc1. The number of hydrogen-bond acceptors (Lipinski definition) is 5. The third-order valence-electron chi connectivity index (χ3n) is 5.09. The van der Waals surface area contributed by atoms with Crippen molar-refractivity contribution in [2.75, 3.05) is 18.8 Å². The molecule has 1 fully saturated rings. The van der Waals surface area contributed by atoms with Crippen molar-refractivity contribution in [1.82, 2.24) is 4.90 Å². The van der Waals surface area contributed by atoms with Gasteiger partial charge in [-0.25, -0.2) is 8.42 Å². The summed E-state index contributed by atoms with van der Waals surface area (Å²) in [5.41, 5.74) is 1.67. The average Bonchev–Trinajstić information content (AvgIpc) is 2.74. The minimum absolute atomic E-state index is 0.0751. The maximum atomic E-state index is 12.5. The van der Waals surface area contributed by atoms with Gasteiger partial charge in [0.2, 0.25) is 5.91 Å². The van der Waals surface area contributed by atoms with Gasteiger partial charge in [0.1, 0.15) is 5.75 Å². The number of ketones is 1. The number of sulfone groups is 1. The number of amides is 1. The molecule has 3 rings (SSSR count). The second-order valence-electron chi connectivity index (χ2n) is 7.23. The van der Waals surface area contributed by atoms with Crippen LogP contribution >= 0.6 is 0 Å². The van der Waals surface area contributed by atoms with Crippen LogP contribution in [0.4, 0.5) is 0 Å². The van der Waals surface area contributed by atoms with Crippen molar-refractivity contribution >= 4 is 21.5 Å². The van der Waals surface area contributed by atoms with E-state index in [4.69, 9.17) is 5.26 Å². The molecule has 0 bridgehead atoms. The Labute approximate surface area is 170 Å². The van der Waals surface area contributed by atoms with E-state index in [0.29, 0.717) is 42.6 Å². The van der Waals surface area contributed by atoms with Crippen LogP contribution in [-0.2, 0) is 20.4 Å². The third kappa shape index (κ3) is 5.52.